The first kappa shape index (κ1) is 20.8. The van der Waals surface area contributed by atoms with Gasteiger partial charge < -0.3 is 15.2 Å². The molecule has 0 spiro atoms. The second kappa shape index (κ2) is 8.70. The van der Waals surface area contributed by atoms with Crippen LogP contribution in [0.3, 0.4) is 0 Å². The minimum absolute atomic E-state index is 0.112. The smallest absolute Gasteiger partial charge is 0.268 e. The molecule has 6 atom stereocenters. The zero-order chi connectivity index (χ0) is 21.3. The summed E-state index contributed by atoms with van der Waals surface area (Å²) in [5.41, 5.74) is 2.87. The fraction of sp³-hybridized carbons (Fsp3) is 0.579. The van der Waals surface area contributed by atoms with E-state index in [4.69, 9.17) is 4.74 Å². The summed E-state index contributed by atoms with van der Waals surface area (Å²) >= 11 is 0. The van der Waals surface area contributed by atoms with Gasteiger partial charge in [0.1, 0.15) is 41.6 Å². The molecule has 3 heterocycles. The van der Waals surface area contributed by atoms with Gasteiger partial charge in [0.15, 0.2) is 0 Å². The summed E-state index contributed by atoms with van der Waals surface area (Å²) in [4.78, 5) is 21.3. The van der Waals surface area contributed by atoms with E-state index < -0.39 is 47.7 Å². The zero-order valence-electron chi connectivity index (χ0n) is 16.4. The molecule has 30 heavy (non-hydrogen) atoms. The van der Waals surface area contributed by atoms with E-state index in [1.54, 1.807) is 6.92 Å². The Hall–Kier alpha value is -2.50. The molecule has 0 aromatic carbocycles. The number of amides is 1. The van der Waals surface area contributed by atoms with Gasteiger partial charge in [0.05, 0.1) is 18.8 Å². The van der Waals surface area contributed by atoms with E-state index in [-0.39, 0.29) is 18.2 Å². The van der Waals surface area contributed by atoms with Gasteiger partial charge >= 0.3 is 0 Å². The number of aliphatic hydroxyl groups excluding tert-OH is 1. The minimum atomic E-state index is -0.783. The number of carbonyl (C=O) groups is 1. The van der Waals surface area contributed by atoms with Crippen LogP contribution in [-0.2, 0) is 9.53 Å². The highest BCUT2D eigenvalue weighted by atomic mass is 19.1. The SMILES string of the molecule is C[C@@H](NC(=O)C1=NNC2=NC=NC(N[C@@H]3COCC[C@H]3O)C21)C1CC(F)=CC=C1F. The standard InChI is InChI=1S/C19H24F2N6O3/c1-9(11-6-10(20)2-3-12(11)21)24-19(29)16-15-17(22-8-23-18(15)27-26-16)25-13-7-30-5-4-14(13)28/h2-3,8-9,11,13-15,17,25,28H,4-7H2,1H3,(H,24,29)(H,22,23,27)/t9-,11?,13-,14-,15?,17?/m1/s1. The third-order valence-corrected chi connectivity index (χ3v) is 5.71. The van der Waals surface area contributed by atoms with E-state index >= 15 is 0 Å². The Bertz CT molecular complexity index is 855. The van der Waals surface area contributed by atoms with Crippen molar-refractivity contribution in [1.82, 2.24) is 16.1 Å². The molecule has 0 aromatic rings. The molecule has 1 fully saturated rings. The van der Waals surface area contributed by atoms with Crippen LogP contribution in [0.2, 0.25) is 0 Å². The van der Waals surface area contributed by atoms with Crippen molar-refractivity contribution in [3.05, 3.63) is 23.8 Å². The molecule has 1 aliphatic carbocycles. The largest absolute Gasteiger partial charge is 0.391 e. The Morgan fingerprint density at radius 2 is 2.23 bits per heavy atom. The fourth-order valence-corrected chi connectivity index (χ4v) is 3.95. The first-order chi connectivity index (χ1) is 14.4. The van der Waals surface area contributed by atoms with Gasteiger partial charge in [-0.25, -0.2) is 13.8 Å². The zero-order valence-corrected chi connectivity index (χ0v) is 16.4. The number of rotatable bonds is 5. The predicted octanol–water partition coefficient (Wildman–Crippen LogP) is 0.299. The van der Waals surface area contributed by atoms with E-state index in [1.165, 1.54) is 6.34 Å². The molecule has 3 unspecified atom stereocenters. The number of ether oxygens (including phenoxy) is 1. The van der Waals surface area contributed by atoms with Gasteiger partial charge in [-0.2, -0.15) is 5.10 Å². The maximum Gasteiger partial charge on any atom is 0.268 e. The Balaban J connectivity index is 1.44. The second-order valence-corrected chi connectivity index (χ2v) is 7.75. The van der Waals surface area contributed by atoms with Crippen LogP contribution in [0.4, 0.5) is 8.78 Å². The highest BCUT2D eigenvalue weighted by Crippen LogP contribution is 2.30. The van der Waals surface area contributed by atoms with E-state index in [1.807, 2.05) is 0 Å². The Kier molecular flexibility index (Phi) is 6.02. The van der Waals surface area contributed by atoms with Crippen LogP contribution in [0.15, 0.2) is 38.9 Å². The number of nitrogens with one attached hydrogen (secondary N) is 3. The van der Waals surface area contributed by atoms with Gasteiger partial charge in [0, 0.05) is 25.0 Å². The molecule has 162 valence electrons. The third kappa shape index (κ3) is 4.18. The van der Waals surface area contributed by atoms with Crippen molar-refractivity contribution in [3.63, 3.8) is 0 Å². The molecular weight excluding hydrogens is 398 g/mol. The van der Waals surface area contributed by atoms with Gasteiger partial charge in [-0.3, -0.25) is 20.5 Å². The number of hydrogen-bond acceptors (Lipinski definition) is 8. The number of halogens is 2. The molecule has 0 bridgehead atoms. The quantitative estimate of drug-likeness (QED) is 0.508. The summed E-state index contributed by atoms with van der Waals surface area (Å²) in [6.07, 6.45) is 2.75. The maximum absolute atomic E-state index is 14.1. The lowest BCUT2D eigenvalue weighted by Crippen LogP contribution is -2.56. The van der Waals surface area contributed by atoms with Crippen LogP contribution < -0.4 is 16.1 Å². The lowest BCUT2D eigenvalue weighted by Gasteiger charge is -2.33. The van der Waals surface area contributed by atoms with Gasteiger partial charge in [0.25, 0.3) is 5.91 Å². The molecule has 0 aromatic heterocycles. The molecule has 9 nitrogen and oxygen atoms in total. The van der Waals surface area contributed by atoms with Crippen LogP contribution in [-0.4, -0.2) is 66.5 Å². The molecule has 3 aliphatic heterocycles. The topological polar surface area (TPSA) is 120 Å². The monoisotopic (exact) mass is 422 g/mol. The van der Waals surface area contributed by atoms with Crippen molar-refractivity contribution >= 4 is 23.8 Å². The molecular formula is C19H24F2N6O3. The van der Waals surface area contributed by atoms with Crippen molar-refractivity contribution in [2.75, 3.05) is 13.2 Å². The number of carbonyl (C=O) groups excluding carboxylic acids is 1. The lowest BCUT2D eigenvalue weighted by atomic mass is 9.91. The van der Waals surface area contributed by atoms with Gasteiger partial charge in [0.2, 0.25) is 0 Å². The van der Waals surface area contributed by atoms with Crippen LogP contribution in [0.25, 0.3) is 0 Å². The predicted molar refractivity (Wildman–Crippen MR) is 106 cm³/mol. The highest BCUT2D eigenvalue weighted by Gasteiger charge is 2.42. The highest BCUT2D eigenvalue weighted by molar-refractivity contribution is 6.45. The second-order valence-electron chi connectivity index (χ2n) is 7.75. The Morgan fingerprint density at radius 1 is 1.40 bits per heavy atom. The normalized spacial score (nSPS) is 34.1. The molecule has 0 radical (unpaired) electrons. The van der Waals surface area contributed by atoms with Crippen molar-refractivity contribution in [2.24, 2.45) is 26.9 Å². The van der Waals surface area contributed by atoms with E-state index in [0.29, 0.717) is 25.5 Å². The first-order valence-corrected chi connectivity index (χ1v) is 9.91. The summed E-state index contributed by atoms with van der Waals surface area (Å²) in [7, 11) is 0. The number of amidine groups is 1. The first-order valence-electron chi connectivity index (χ1n) is 9.91. The van der Waals surface area contributed by atoms with Crippen LogP contribution in [0, 0.1) is 11.8 Å². The number of hydrogen-bond donors (Lipinski definition) is 4. The summed E-state index contributed by atoms with van der Waals surface area (Å²) in [5.74, 6) is -2.36. The van der Waals surface area contributed by atoms with Crippen molar-refractivity contribution in [1.29, 1.82) is 0 Å². The number of allylic oxidation sites excluding steroid dienone is 3. The van der Waals surface area contributed by atoms with Crippen molar-refractivity contribution < 1.29 is 23.4 Å². The van der Waals surface area contributed by atoms with Crippen LogP contribution >= 0.6 is 0 Å². The van der Waals surface area contributed by atoms with Crippen LogP contribution in [0.1, 0.15) is 19.8 Å². The third-order valence-electron chi connectivity index (χ3n) is 5.71. The summed E-state index contributed by atoms with van der Waals surface area (Å²) in [5, 5.41) is 20.2. The molecule has 1 amide bonds. The lowest BCUT2D eigenvalue weighted by molar-refractivity contribution is -0.115. The van der Waals surface area contributed by atoms with E-state index in [9.17, 15) is 18.7 Å². The van der Waals surface area contributed by atoms with E-state index in [0.717, 1.165) is 12.2 Å². The average Bonchev–Trinajstić information content (AvgIpc) is 3.17. The molecule has 1 saturated heterocycles. The van der Waals surface area contributed by atoms with Crippen LogP contribution in [0.5, 0.6) is 0 Å². The van der Waals surface area contributed by atoms with E-state index in [2.05, 4.69) is 31.1 Å². The molecule has 4 N–H and O–H groups in total. The molecule has 4 rings (SSSR count). The Morgan fingerprint density at radius 3 is 3.03 bits per heavy atom. The molecule has 11 heteroatoms. The number of nitrogens with zero attached hydrogens (tertiary/aromatic N) is 3. The van der Waals surface area contributed by atoms with Gasteiger partial charge in [-0.1, -0.05) is 0 Å². The molecule has 4 aliphatic rings. The van der Waals surface area contributed by atoms with Crippen molar-refractivity contribution in [2.45, 2.75) is 44.1 Å². The number of aliphatic hydroxyl groups is 1. The van der Waals surface area contributed by atoms with Gasteiger partial charge in [-0.05, 0) is 25.5 Å². The fourth-order valence-electron chi connectivity index (χ4n) is 3.95. The maximum atomic E-state index is 14.1. The van der Waals surface area contributed by atoms with Gasteiger partial charge in [-0.15, -0.1) is 0 Å². The summed E-state index contributed by atoms with van der Waals surface area (Å²) in [6, 6.07) is -0.996. The summed E-state index contributed by atoms with van der Waals surface area (Å²) in [6.45, 7) is 2.43. The van der Waals surface area contributed by atoms with Crippen molar-refractivity contribution in [3.8, 4) is 0 Å². The average molecular weight is 422 g/mol. The number of hydrazone groups is 1. The number of fused-ring (bicyclic) bond motifs is 1. The number of aliphatic imine (C=N–C) groups is 2. The molecule has 0 saturated carbocycles. The summed E-state index contributed by atoms with van der Waals surface area (Å²) < 4.78 is 33.1. The minimum Gasteiger partial charge on any atom is -0.391 e. The Labute approximate surface area is 172 Å².